The third-order valence-electron chi connectivity index (χ3n) is 3.54. The lowest BCUT2D eigenvalue weighted by atomic mass is 10.1. The molecule has 1 aliphatic rings. The first kappa shape index (κ1) is 14.1. The highest BCUT2D eigenvalue weighted by Crippen LogP contribution is 2.30. The van der Waals surface area contributed by atoms with Crippen LogP contribution in [0.4, 0.5) is 5.69 Å². The van der Waals surface area contributed by atoms with Crippen molar-refractivity contribution in [2.75, 3.05) is 11.5 Å². The number of rotatable bonds is 1. The molecule has 0 saturated heterocycles. The molecule has 2 amide bonds. The van der Waals surface area contributed by atoms with Gasteiger partial charge in [-0.15, -0.1) is 0 Å². The molecule has 3 rings (SSSR count). The van der Waals surface area contributed by atoms with E-state index in [1.807, 2.05) is 6.92 Å². The van der Waals surface area contributed by atoms with Gasteiger partial charge in [0.15, 0.2) is 0 Å². The number of aliphatic hydroxyl groups excluding tert-OH is 1. The van der Waals surface area contributed by atoms with E-state index in [0.717, 1.165) is 11.1 Å². The second-order valence-corrected chi connectivity index (χ2v) is 4.95. The normalized spacial score (nSPS) is 12.9. The number of amides is 2. The number of carbonyl (C=O) groups is 2. The van der Waals surface area contributed by atoms with Gasteiger partial charge in [0.1, 0.15) is 6.61 Å². The third-order valence-corrected chi connectivity index (χ3v) is 3.54. The summed E-state index contributed by atoms with van der Waals surface area (Å²) < 4.78 is 0. The fourth-order valence-electron chi connectivity index (χ4n) is 2.53. The van der Waals surface area contributed by atoms with E-state index in [0.29, 0.717) is 16.8 Å². The van der Waals surface area contributed by atoms with Crippen LogP contribution in [0, 0.1) is 18.8 Å². The van der Waals surface area contributed by atoms with Crippen LogP contribution in [0.25, 0.3) is 0 Å². The lowest BCUT2D eigenvalue weighted by Gasteiger charge is -2.16. The maximum Gasteiger partial charge on any atom is 0.266 e. The Kier molecular flexibility index (Phi) is 3.50. The second-order valence-electron chi connectivity index (χ2n) is 4.95. The molecule has 0 radical (unpaired) electrons. The molecule has 0 saturated carbocycles. The summed E-state index contributed by atoms with van der Waals surface area (Å²) >= 11 is 0. The molecule has 4 heteroatoms. The van der Waals surface area contributed by atoms with Crippen molar-refractivity contribution in [2.24, 2.45) is 0 Å². The Labute approximate surface area is 128 Å². The molecular formula is C18H13NO3. The van der Waals surface area contributed by atoms with Crippen molar-refractivity contribution in [2.45, 2.75) is 6.92 Å². The second kappa shape index (κ2) is 5.47. The van der Waals surface area contributed by atoms with Crippen LogP contribution in [0.2, 0.25) is 0 Å². The number of nitrogens with zero attached hydrogens (tertiary/aromatic N) is 1. The van der Waals surface area contributed by atoms with Crippen molar-refractivity contribution in [3.63, 3.8) is 0 Å². The minimum Gasteiger partial charge on any atom is -0.384 e. The first-order valence-corrected chi connectivity index (χ1v) is 6.81. The minimum absolute atomic E-state index is 0.209. The zero-order chi connectivity index (χ0) is 15.7. The monoisotopic (exact) mass is 291 g/mol. The Bertz CT molecular complexity index is 808. The standard InChI is InChI=1S/C18H13NO3/c1-12-11-13(5-4-10-20)8-9-16(12)19-17(21)14-6-2-3-7-15(14)18(19)22/h2-3,6-9,11,20H,10H2,1H3. The quantitative estimate of drug-likeness (QED) is 0.647. The molecule has 0 unspecified atom stereocenters. The van der Waals surface area contributed by atoms with Crippen LogP contribution in [-0.2, 0) is 0 Å². The summed E-state index contributed by atoms with van der Waals surface area (Å²) in [6.45, 7) is 1.61. The molecule has 0 atom stereocenters. The number of aliphatic hydroxyl groups is 1. The molecular weight excluding hydrogens is 278 g/mol. The highest BCUT2D eigenvalue weighted by atomic mass is 16.2. The topological polar surface area (TPSA) is 57.6 Å². The maximum absolute atomic E-state index is 12.5. The van der Waals surface area contributed by atoms with Crippen LogP contribution in [0.1, 0.15) is 31.8 Å². The average Bonchev–Trinajstić information content (AvgIpc) is 2.78. The minimum atomic E-state index is -0.308. The Morgan fingerprint density at radius 1 is 1.05 bits per heavy atom. The summed E-state index contributed by atoms with van der Waals surface area (Å²) in [6.07, 6.45) is 0. The van der Waals surface area contributed by atoms with Gasteiger partial charge in [-0.1, -0.05) is 24.0 Å². The predicted molar refractivity (Wildman–Crippen MR) is 82.7 cm³/mol. The maximum atomic E-state index is 12.5. The number of fused-ring (bicyclic) bond motifs is 1. The lowest BCUT2D eigenvalue weighted by Crippen LogP contribution is -2.30. The van der Waals surface area contributed by atoms with Crippen LogP contribution >= 0.6 is 0 Å². The van der Waals surface area contributed by atoms with E-state index in [1.165, 1.54) is 4.90 Å². The third kappa shape index (κ3) is 2.18. The van der Waals surface area contributed by atoms with Gasteiger partial charge in [-0.25, -0.2) is 4.90 Å². The molecule has 0 spiro atoms. The number of carbonyl (C=O) groups excluding carboxylic acids is 2. The molecule has 22 heavy (non-hydrogen) atoms. The summed E-state index contributed by atoms with van der Waals surface area (Å²) in [7, 11) is 0. The molecule has 1 N–H and O–H groups in total. The summed E-state index contributed by atoms with van der Waals surface area (Å²) in [6, 6.07) is 12.0. The van der Waals surface area contributed by atoms with Crippen molar-refractivity contribution in [3.05, 3.63) is 64.7 Å². The van der Waals surface area contributed by atoms with E-state index in [4.69, 9.17) is 5.11 Å². The predicted octanol–water partition coefficient (Wildman–Crippen LogP) is 2.14. The van der Waals surface area contributed by atoms with Crippen molar-refractivity contribution >= 4 is 17.5 Å². The van der Waals surface area contributed by atoms with Gasteiger partial charge in [0.05, 0.1) is 16.8 Å². The van der Waals surface area contributed by atoms with Gasteiger partial charge in [-0.3, -0.25) is 9.59 Å². The van der Waals surface area contributed by atoms with Crippen LogP contribution < -0.4 is 4.90 Å². The zero-order valence-corrected chi connectivity index (χ0v) is 12.0. The largest absolute Gasteiger partial charge is 0.384 e. The van der Waals surface area contributed by atoms with Gasteiger partial charge in [0.2, 0.25) is 0 Å². The number of hydrogen-bond donors (Lipinski definition) is 1. The molecule has 0 aromatic heterocycles. The molecule has 108 valence electrons. The summed E-state index contributed by atoms with van der Waals surface area (Å²) in [5.41, 5.74) is 2.92. The number of hydrogen-bond acceptors (Lipinski definition) is 3. The van der Waals surface area contributed by atoms with Gasteiger partial charge in [-0.2, -0.15) is 0 Å². The Morgan fingerprint density at radius 3 is 2.23 bits per heavy atom. The Hall–Kier alpha value is -2.90. The smallest absolute Gasteiger partial charge is 0.266 e. The summed E-state index contributed by atoms with van der Waals surface area (Å²) in [5, 5.41) is 8.72. The fraction of sp³-hybridized carbons (Fsp3) is 0.111. The lowest BCUT2D eigenvalue weighted by molar-refractivity contribution is 0.0926. The van der Waals surface area contributed by atoms with E-state index in [2.05, 4.69) is 11.8 Å². The first-order valence-electron chi connectivity index (χ1n) is 6.81. The van der Waals surface area contributed by atoms with Crippen LogP contribution in [-0.4, -0.2) is 23.5 Å². The van der Waals surface area contributed by atoms with E-state index in [9.17, 15) is 9.59 Å². The van der Waals surface area contributed by atoms with Gasteiger partial charge in [0.25, 0.3) is 11.8 Å². The van der Waals surface area contributed by atoms with Crippen LogP contribution in [0.15, 0.2) is 42.5 Å². The van der Waals surface area contributed by atoms with Gasteiger partial charge >= 0.3 is 0 Å². The number of imide groups is 1. The number of anilines is 1. The van der Waals surface area contributed by atoms with E-state index in [-0.39, 0.29) is 18.4 Å². The Morgan fingerprint density at radius 2 is 1.68 bits per heavy atom. The highest BCUT2D eigenvalue weighted by molar-refractivity contribution is 6.34. The highest BCUT2D eigenvalue weighted by Gasteiger charge is 2.36. The molecule has 0 bridgehead atoms. The van der Waals surface area contributed by atoms with E-state index < -0.39 is 0 Å². The molecule has 1 aliphatic heterocycles. The van der Waals surface area contributed by atoms with Crippen LogP contribution in [0.3, 0.4) is 0 Å². The van der Waals surface area contributed by atoms with Gasteiger partial charge in [-0.05, 0) is 42.8 Å². The molecule has 2 aromatic carbocycles. The Balaban J connectivity index is 2.03. The summed E-state index contributed by atoms with van der Waals surface area (Å²) in [5.74, 6) is 4.76. The van der Waals surface area contributed by atoms with Crippen molar-refractivity contribution in [1.82, 2.24) is 0 Å². The fourth-order valence-corrected chi connectivity index (χ4v) is 2.53. The molecule has 2 aromatic rings. The zero-order valence-electron chi connectivity index (χ0n) is 12.0. The van der Waals surface area contributed by atoms with Crippen molar-refractivity contribution < 1.29 is 14.7 Å². The van der Waals surface area contributed by atoms with Gasteiger partial charge in [0, 0.05) is 5.56 Å². The molecule has 1 heterocycles. The number of aryl methyl sites for hydroxylation is 1. The van der Waals surface area contributed by atoms with Crippen molar-refractivity contribution in [3.8, 4) is 11.8 Å². The molecule has 0 aliphatic carbocycles. The number of benzene rings is 2. The average molecular weight is 291 g/mol. The molecule has 4 nitrogen and oxygen atoms in total. The van der Waals surface area contributed by atoms with Crippen LogP contribution in [0.5, 0.6) is 0 Å². The SMILES string of the molecule is Cc1cc(C#CCO)ccc1N1C(=O)c2ccccc2C1=O. The van der Waals surface area contributed by atoms with Gasteiger partial charge < -0.3 is 5.11 Å². The van der Waals surface area contributed by atoms with E-state index in [1.54, 1.807) is 42.5 Å². The van der Waals surface area contributed by atoms with E-state index >= 15 is 0 Å². The first-order chi connectivity index (χ1) is 10.6. The molecule has 0 fully saturated rings. The summed E-state index contributed by atoms with van der Waals surface area (Å²) in [4.78, 5) is 26.1. The van der Waals surface area contributed by atoms with Crippen molar-refractivity contribution in [1.29, 1.82) is 0 Å².